The lowest BCUT2D eigenvalue weighted by molar-refractivity contribution is 0.202. The molecule has 2 fully saturated rings. The smallest absolute Gasteiger partial charge is 0.151 e. The van der Waals surface area contributed by atoms with E-state index >= 15 is 0 Å². The molecule has 1 aromatic carbocycles. The Morgan fingerprint density at radius 2 is 1.74 bits per heavy atom. The minimum atomic E-state index is 0. The van der Waals surface area contributed by atoms with Gasteiger partial charge in [-0.3, -0.25) is 0 Å². The lowest BCUT2D eigenvalue weighted by Crippen LogP contribution is -2.42. The molecule has 0 aliphatic carbocycles. The van der Waals surface area contributed by atoms with Crippen LogP contribution in [-0.4, -0.2) is 47.9 Å². The van der Waals surface area contributed by atoms with Crippen LogP contribution in [0.2, 0.25) is 0 Å². The fourth-order valence-corrected chi connectivity index (χ4v) is 3.32. The van der Waals surface area contributed by atoms with E-state index in [0.29, 0.717) is 18.4 Å². The molecule has 2 saturated heterocycles. The fraction of sp³-hybridized carbons (Fsp3) is 0.529. The summed E-state index contributed by atoms with van der Waals surface area (Å²) in [6, 6.07) is 8.12. The molecule has 2 aliphatic heterocycles. The Morgan fingerprint density at radius 1 is 1.09 bits per heavy atom. The standard InChI is InChI=1S/C17H22N4O.ClH/c22-11-12-5-7-21(8-6-12)17-16(13-9-18-10-13)19-14-3-1-2-4-15(14)20-17;/h1-4,12-13,18,22H,5-11H2;1H. The third-order valence-electron chi connectivity index (χ3n) is 4.92. The van der Waals surface area contributed by atoms with E-state index in [1.165, 1.54) is 0 Å². The summed E-state index contributed by atoms with van der Waals surface area (Å²) in [5, 5.41) is 12.7. The molecule has 23 heavy (non-hydrogen) atoms. The number of hydrogen-bond acceptors (Lipinski definition) is 5. The van der Waals surface area contributed by atoms with Gasteiger partial charge >= 0.3 is 0 Å². The van der Waals surface area contributed by atoms with Crippen molar-refractivity contribution >= 4 is 29.3 Å². The van der Waals surface area contributed by atoms with Crippen molar-refractivity contribution in [3.63, 3.8) is 0 Å². The van der Waals surface area contributed by atoms with Crippen molar-refractivity contribution in [3.8, 4) is 0 Å². The van der Waals surface area contributed by atoms with Gasteiger partial charge in [-0.25, -0.2) is 9.97 Å². The molecule has 2 aromatic rings. The zero-order chi connectivity index (χ0) is 14.9. The molecule has 0 spiro atoms. The Labute approximate surface area is 142 Å². The molecular formula is C17H23ClN4O. The summed E-state index contributed by atoms with van der Waals surface area (Å²) < 4.78 is 0. The van der Waals surface area contributed by atoms with Crippen molar-refractivity contribution in [2.75, 3.05) is 37.7 Å². The van der Waals surface area contributed by atoms with Crippen LogP contribution < -0.4 is 10.2 Å². The Bertz CT molecular complexity index is 669. The molecule has 0 bridgehead atoms. The topological polar surface area (TPSA) is 61.3 Å². The summed E-state index contributed by atoms with van der Waals surface area (Å²) in [7, 11) is 0. The zero-order valence-electron chi connectivity index (χ0n) is 13.1. The van der Waals surface area contributed by atoms with Crippen molar-refractivity contribution in [2.45, 2.75) is 18.8 Å². The third-order valence-corrected chi connectivity index (χ3v) is 4.92. The molecule has 3 heterocycles. The van der Waals surface area contributed by atoms with Crippen LogP contribution >= 0.6 is 12.4 Å². The number of para-hydroxylation sites is 2. The van der Waals surface area contributed by atoms with Gasteiger partial charge in [-0.05, 0) is 30.9 Å². The second-order valence-electron chi connectivity index (χ2n) is 6.39. The molecule has 5 nitrogen and oxygen atoms in total. The molecule has 124 valence electrons. The van der Waals surface area contributed by atoms with E-state index in [2.05, 4.69) is 10.2 Å². The molecule has 0 saturated carbocycles. The molecule has 0 unspecified atom stereocenters. The summed E-state index contributed by atoms with van der Waals surface area (Å²) in [4.78, 5) is 12.2. The number of hydrogen-bond donors (Lipinski definition) is 2. The van der Waals surface area contributed by atoms with Crippen molar-refractivity contribution in [1.29, 1.82) is 0 Å². The van der Waals surface area contributed by atoms with Gasteiger partial charge < -0.3 is 15.3 Å². The van der Waals surface area contributed by atoms with Crippen LogP contribution in [0.4, 0.5) is 5.82 Å². The molecule has 0 radical (unpaired) electrons. The Kier molecular flexibility index (Phi) is 4.99. The van der Waals surface area contributed by atoms with Crippen molar-refractivity contribution in [1.82, 2.24) is 15.3 Å². The van der Waals surface area contributed by atoms with Gasteiger partial charge in [0.15, 0.2) is 5.82 Å². The molecule has 6 heteroatoms. The predicted octanol–water partition coefficient (Wildman–Crippen LogP) is 1.95. The van der Waals surface area contributed by atoms with Crippen LogP contribution in [0.3, 0.4) is 0 Å². The van der Waals surface area contributed by atoms with Gasteiger partial charge in [0.2, 0.25) is 0 Å². The maximum atomic E-state index is 9.32. The van der Waals surface area contributed by atoms with Crippen molar-refractivity contribution in [2.24, 2.45) is 5.92 Å². The Balaban J connectivity index is 0.00000156. The molecule has 1 aromatic heterocycles. The normalized spacial score (nSPS) is 19.4. The molecule has 2 N–H and O–H groups in total. The van der Waals surface area contributed by atoms with E-state index in [1.807, 2.05) is 24.3 Å². The first-order valence-corrected chi connectivity index (χ1v) is 8.18. The van der Waals surface area contributed by atoms with E-state index in [-0.39, 0.29) is 12.4 Å². The monoisotopic (exact) mass is 334 g/mol. The third kappa shape index (κ3) is 3.13. The van der Waals surface area contributed by atoms with Gasteiger partial charge in [-0.1, -0.05) is 12.1 Å². The number of aliphatic hydroxyl groups is 1. The van der Waals surface area contributed by atoms with Crippen LogP contribution in [0.5, 0.6) is 0 Å². The van der Waals surface area contributed by atoms with E-state index in [1.54, 1.807) is 0 Å². The van der Waals surface area contributed by atoms with Crippen molar-refractivity contribution in [3.05, 3.63) is 30.0 Å². The Hall–Kier alpha value is -1.43. The maximum absolute atomic E-state index is 9.32. The quantitative estimate of drug-likeness (QED) is 0.898. The average Bonchev–Trinajstić information content (AvgIpc) is 2.53. The number of aliphatic hydroxyl groups excluding tert-OH is 1. The highest BCUT2D eigenvalue weighted by molar-refractivity contribution is 5.85. The van der Waals surface area contributed by atoms with E-state index in [9.17, 15) is 5.11 Å². The van der Waals surface area contributed by atoms with Gasteiger partial charge in [0.1, 0.15) is 0 Å². The van der Waals surface area contributed by atoms with Crippen LogP contribution in [0.25, 0.3) is 11.0 Å². The summed E-state index contributed by atoms with van der Waals surface area (Å²) in [6.07, 6.45) is 2.07. The van der Waals surface area contributed by atoms with Crippen LogP contribution in [0.1, 0.15) is 24.5 Å². The highest BCUT2D eigenvalue weighted by atomic mass is 35.5. The number of nitrogens with one attached hydrogen (secondary N) is 1. The number of fused-ring (bicyclic) bond motifs is 1. The van der Waals surface area contributed by atoms with Gasteiger partial charge in [0, 0.05) is 38.7 Å². The minimum absolute atomic E-state index is 0. The second-order valence-corrected chi connectivity index (χ2v) is 6.39. The number of anilines is 1. The second kappa shape index (κ2) is 6.99. The highest BCUT2D eigenvalue weighted by Gasteiger charge is 2.29. The molecule has 0 amide bonds. The minimum Gasteiger partial charge on any atom is -0.396 e. The molecule has 0 atom stereocenters. The summed E-state index contributed by atoms with van der Waals surface area (Å²) in [5.41, 5.74) is 3.09. The Morgan fingerprint density at radius 3 is 2.30 bits per heavy atom. The number of halogens is 1. The average molecular weight is 335 g/mol. The largest absolute Gasteiger partial charge is 0.396 e. The first-order valence-electron chi connectivity index (χ1n) is 8.18. The van der Waals surface area contributed by atoms with E-state index < -0.39 is 0 Å². The zero-order valence-corrected chi connectivity index (χ0v) is 13.9. The maximum Gasteiger partial charge on any atom is 0.151 e. The first kappa shape index (κ1) is 16.4. The first-order chi connectivity index (χ1) is 10.8. The predicted molar refractivity (Wildman–Crippen MR) is 94.4 cm³/mol. The van der Waals surface area contributed by atoms with Crippen molar-refractivity contribution < 1.29 is 5.11 Å². The number of aromatic nitrogens is 2. The fourth-order valence-electron chi connectivity index (χ4n) is 3.32. The van der Waals surface area contributed by atoms with Gasteiger partial charge in [0.05, 0.1) is 16.7 Å². The number of benzene rings is 1. The molecule has 4 rings (SSSR count). The summed E-state index contributed by atoms with van der Waals surface area (Å²) in [5.74, 6) is 1.97. The van der Waals surface area contributed by atoms with Crippen LogP contribution in [0, 0.1) is 5.92 Å². The number of nitrogens with zero attached hydrogens (tertiary/aromatic N) is 3. The highest BCUT2D eigenvalue weighted by Crippen LogP contribution is 2.31. The number of rotatable bonds is 3. The lowest BCUT2D eigenvalue weighted by Gasteiger charge is -2.35. The summed E-state index contributed by atoms with van der Waals surface area (Å²) in [6.45, 7) is 4.22. The molecule has 2 aliphatic rings. The van der Waals surface area contributed by atoms with Gasteiger partial charge in [0.25, 0.3) is 0 Å². The SMILES string of the molecule is Cl.OCC1CCN(c2nc3ccccc3nc2C2CNC2)CC1. The lowest BCUT2D eigenvalue weighted by atomic mass is 9.95. The van der Waals surface area contributed by atoms with Crippen LogP contribution in [0.15, 0.2) is 24.3 Å². The van der Waals surface area contributed by atoms with Crippen LogP contribution in [-0.2, 0) is 0 Å². The van der Waals surface area contributed by atoms with Gasteiger partial charge in [-0.15, -0.1) is 12.4 Å². The number of piperidine rings is 1. The van der Waals surface area contributed by atoms with E-state index in [0.717, 1.165) is 61.6 Å². The van der Waals surface area contributed by atoms with E-state index in [4.69, 9.17) is 9.97 Å². The summed E-state index contributed by atoms with van der Waals surface area (Å²) >= 11 is 0. The molecular weight excluding hydrogens is 312 g/mol. The van der Waals surface area contributed by atoms with Gasteiger partial charge in [-0.2, -0.15) is 0 Å².